The Kier molecular flexibility index (Phi) is 5.63. The quantitative estimate of drug-likeness (QED) is 0.876. The lowest BCUT2D eigenvalue weighted by Crippen LogP contribution is -2.36. The highest BCUT2D eigenvalue weighted by atomic mass is 35.5. The third kappa shape index (κ3) is 3.90. The Morgan fingerprint density at radius 2 is 2.23 bits per heavy atom. The fourth-order valence-electron chi connectivity index (χ4n) is 1.81. The summed E-state index contributed by atoms with van der Waals surface area (Å²) >= 11 is 11.9. The molecule has 0 fully saturated rings. The molecule has 0 saturated heterocycles. The zero-order chi connectivity index (χ0) is 16.1. The van der Waals surface area contributed by atoms with Crippen molar-refractivity contribution < 1.29 is 9.53 Å². The average Bonchev–Trinajstić information content (AvgIpc) is 2.96. The minimum atomic E-state index is -0.714. The van der Waals surface area contributed by atoms with Gasteiger partial charge in [0.25, 0.3) is 5.91 Å². The first kappa shape index (κ1) is 16.6. The highest BCUT2D eigenvalue weighted by Crippen LogP contribution is 2.32. The summed E-state index contributed by atoms with van der Waals surface area (Å²) in [6, 6.07) is 5.02. The monoisotopic (exact) mass is 342 g/mol. The first-order chi connectivity index (χ1) is 10.5. The maximum absolute atomic E-state index is 12.1. The third-order valence-electron chi connectivity index (χ3n) is 3.05. The molecule has 0 saturated carbocycles. The second-order valence-corrected chi connectivity index (χ2v) is 5.35. The van der Waals surface area contributed by atoms with Crippen LogP contribution in [-0.4, -0.2) is 26.8 Å². The van der Waals surface area contributed by atoms with Gasteiger partial charge >= 0.3 is 0 Å². The zero-order valence-electron chi connectivity index (χ0n) is 12.2. The molecule has 1 aromatic heterocycles. The van der Waals surface area contributed by atoms with E-state index in [1.165, 1.54) is 0 Å². The summed E-state index contributed by atoms with van der Waals surface area (Å²) < 4.78 is 7.39. The molecule has 1 N–H and O–H groups in total. The molecular weight excluding hydrogens is 327 g/mol. The van der Waals surface area contributed by atoms with E-state index in [1.54, 1.807) is 31.5 Å². The Morgan fingerprint density at radius 3 is 2.95 bits per heavy atom. The molecule has 0 bridgehead atoms. The van der Waals surface area contributed by atoms with Gasteiger partial charge in [0.15, 0.2) is 11.9 Å². The second-order valence-electron chi connectivity index (χ2n) is 4.56. The standard InChI is InChI=1S/C14H16Cl2N4O2/c1-3-20-8-18-19-12(20)7-17-14(21)9(2)22-11-6-4-5-10(15)13(11)16/h4-6,8-9H,3,7H2,1-2H3,(H,17,21). The Hall–Kier alpha value is -1.79. The van der Waals surface area contributed by atoms with E-state index in [2.05, 4.69) is 15.5 Å². The highest BCUT2D eigenvalue weighted by Gasteiger charge is 2.17. The van der Waals surface area contributed by atoms with E-state index in [9.17, 15) is 4.79 Å². The van der Waals surface area contributed by atoms with Crippen LogP contribution in [-0.2, 0) is 17.9 Å². The number of aryl methyl sites for hydroxylation is 1. The average molecular weight is 343 g/mol. The van der Waals surface area contributed by atoms with Crippen LogP contribution in [0.2, 0.25) is 10.0 Å². The Labute approximate surface area is 138 Å². The van der Waals surface area contributed by atoms with E-state index in [4.69, 9.17) is 27.9 Å². The van der Waals surface area contributed by atoms with Crippen LogP contribution in [0.15, 0.2) is 24.5 Å². The lowest BCUT2D eigenvalue weighted by Gasteiger charge is -2.16. The van der Waals surface area contributed by atoms with Crippen molar-refractivity contribution in [1.82, 2.24) is 20.1 Å². The SMILES string of the molecule is CCn1cnnc1CNC(=O)C(C)Oc1cccc(Cl)c1Cl. The molecule has 0 radical (unpaired) electrons. The van der Waals surface area contributed by atoms with E-state index < -0.39 is 6.10 Å². The van der Waals surface area contributed by atoms with Gasteiger partial charge in [-0.05, 0) is 26.0 Å². The Balaban J connectivity index is 1.93. The molecule has 0 spiro atoms. The van der Waals surface area contributed by atoms with E-state index in [0.717, 1.165) is 6.54 Å². The van der Waals surface area contributed by atoms with Crippen molar-refractivity contribution in [3.8, 4) is 5.75 Å². The number of hydrogen-bond acceptors (Lipinski definition) is 4. The van der Waals surface area contributed by atoms with Crippen molar-refractivity contribution in [2.75, 3.05) is 0 Å². The van der Waals surface area contributed by atoms with Crippen molar-refractivity contribution in [3.05, 3.63) is 40.4 Å². The number of hydrogen-bond donors (Lipinski definition) is 1. The molecule has 1 amide bonds. The normalized spacial score (nSPS) is 12.0. The van der Waals surface area contributed by atoms with Crippen LogP contribution in [0.1, 0.15) is 19.7 Å². The molecule has 2 rings (SSSR count). The van der Waals surface area contributed by atoms with Crippen molar-refractivity contribution in [2.24, 2.45) is 0 Å². The highest BCUT2D eigenvalue weighted by molar-refractivity contribution is 6.42. The number of rotatable bonds is 6. The molecule has 1 unspecified atom stereocenters. The molecule has 1 heterocycles. The van der Waals surface area contributed by atoms with Crippen LogP contribution in [0, 0.1) is 0 Å². The van der Waals surface area contributed by atoms with Crippen LogP contribution in [0.5, 0.6) is 5.75 Å². The van der Waals surface area contributed by atoms with Gasteiger partial charge in [-0.15, -0.1) is 10.2 Å². The van der Waals surface area contributed by atoms with Gasteiger partial charge in [0.2, 0.25) is 0 Å². The largest absolute Gasteiger partial charge is 0.479 e. The lowest BCUT2D eigenvalue weighted by atomic mass is 10.3. The summed E-state index contributed by atoms with van der Waals surface area (Å²) in [5.74, 6) is 0.777. The summed E-state index contributed by atoms with van der Waals surface area (Å²) in [7, 11) is 0. The fourth-order valence-corrected chi connectivity index (χ4v) is 2.15. The van der Waals surface area contributed by atoms with Crippen molar-refractivity contribution in [2.45, 2.75) is 33.0 Å². The van der Waals surface area contributed by atoms with Gasteiger partial charge < -0.3 is 14.6 Å². The van der Waals surface area contributed by atoms with Crippen LogP contribution in [0.4, 0.5) is 0 Å². The molecule has 6 nitrogen and oxygen atoms in total. The molecule has 118 valence electrons. The number of ether oxygens (including phenoxy) is 1. The van der Waals surface area contributed by atoms with Gasteiger partial charge in [0.05, 0.1) is 11.6 Å². The van der Waals surface area contributed by atoms with Crippen LogP contribution >= 0.6 is 23.2 Å². The van der Waals surface area contributed by atoms with Gasteiger partial charge in [0.1, 0.15) is 17.1 Å². The number of nitrogens with one attached hydrogen (secondary N) is 1. The van der Waals surface area contributed by atoms with E-state index in [1.807, 2.05) is 11.5 Å². The number of aromatic nitrogens is 3. The van der Waals surface area contributed by atoms with Gasteiger partial charge in [-0.1, -0.05) is 29.3 Å². The molecule has 2 aromatic rings. The number of carbonyl (C=O) groups is 1. The summed E-state index contributed by atoms with van der Waals surface area (Å²) in [5.41, 5.74) is 0. The van der Waals surface area contributed by atoms with Gasteiger partial charge in [-0.25, -0.2) is 0 Å². The van der Waals surface area contributed by atoms with Crippen molar-refractivity contribution in [1.29, 1.82) is 0 Å². The number of nitrogens with zero attached hydrogens (tertiary/aromatic N) is 3. The topological polar surface area (TPSA) is 69.0 Å². The van der Waals surface area contributed by atoms with E-state index >= 15 is 0 Å². The first-order valence-electron chi connectivity index (χ1n) is 6.78. The first-order valence-corrected chi connectivity index (χ1v) is 7.53. The molecule has 8 heteroatoms. The zero-order valence-corrected chi connectivity index (χ0v) is 13.7. The minimum Gasteiger partial charge on any atom is -0.479 e. The molecule has 1 atom stereocenters. The Bertz CT molecular complexity index is 660. The summed E-state index contributed by atoms with van der Waals surface area (Å²) in [4.78, 5) is 12.1. The predicted molar refractivity (Wildman–Crippen MR) is 84.1 cm³/mol. The lowest BCUT2D eigenvalue weighted by molar-refractivity contribution is -0.127. The molecule has 0 aliphatic carbocycles. The second kappa shape index (κ2) is 7.47. The smallest absolute Gasteiger partial charge is 0.261 e. The molecule has 22 heavy (non-hydrogen) atoms. The van der Waals surface area contributed by atoms with Crippen LogP contribution < -0.4 is 10.1 Å². The minimum absolute atomic E-state index is 0.276. The van der Waals surface area contributed by atoms with Gasteiger partial charge in [-0.2, -0.15) is 0 Å². The number of carbonyl (C=O) groups excluding carboxylic acids is 1. The molecule has 0 aliphatic heterocycles. The summed E-state index contributed by atoms with van der Waals surface area (Å²) in [6.45, 7) is 4.63. The molecule has 0 aliphatic rings. The number of halogens is 2. The molecular formula is C14H16Cl2N4O2. The van der Waals surface area contributed by atoms with Crippen molar-refractivity contribution in [3.63, 3.8) is 0 Å². The molecule has 1 aromatic carbocycles. The van der Waals surface area contributed by atoms with E-state index in [-0.39, 0.29) is 17.5 Å². The maximum atomic E-state index is 12.1. The third-order valence-corrected chi connectivity index (χ3v) is 3.85. The Morgan fingerprint density at radius 1 is 1.45 bits per heavy atom. The van der Waals surface area contributed by atoms with E-state index in [0.29, 0.717) is 16.6 Å². The maximum Gasteiger partial charge on any atom is 0.261 e. The number of benzene rings is 1. The summed E-state index contributed by atoms with van der Waals surface area (Å²) in [6.07, 6.45) is 0.904. The van der Waals surface area contributed by atoms with Crippen molar-refractivity contribution >= 4 is 29.1 Å². The predicted octanol–water partition coefficient (Wildman–Crippen LogP) is 2.69. The van der Waals surface area contributed by atoms with Crippen LogP contribution in [0.25, 0.3) is 0 Å². The van der Waals surface area contributed by atoms with Gasteiger partial charge in [-0.3, -0.25) is 4.79 Å². The number of amides is 1. The fraction of sp³-hybridized carbons (Fsp3) is 0.357. The summed E-state index contributed by atoms with van der Waals surface area (Å²) in [5, 5.41) is 11.2. The van der Waals surface area contributed by atoms with Crippen LogP contribution in [0.3, 0.4) is 0 Å². The van der Waals surface area contributed by atoms with Gasteiger partial charge in [0, 0.05) is 6.54 Å².